The van der Waals surface area contributed by atoms with Crippen LogP contribution in [0.5, 0.6) is 0 Å². The van der Waals surface area contributed by atoms with Gasteiger partial charge in [0.15, 0.2) is 0 Å². The van der Waals surface area contributed by atoms with Crippen molar-refractivity contribution in [2.45, 2.75) is 26.8 Å². The Morgan fingerprint density at radius 2 is 1.47 bits per heavy atom. The number of benzene rings is 2. The largest absolute Gasteiger partial charge is 0.374 e. The Morgan fingerprint density at radius 1 is 0.947 bits per heavy atom. The van der Waals surface area contributed by atoms with E-state index in [-0.39, 0.29) is 11.7 Å². The summed E-state index contributed by atoms with van der Waals surface area (Å²) in [6.45, 7) is 5.90. The minimum Gasteiger partial charge on any atom is -0.374 e. The van der Waals surface area contributed by atoms with Gasteiger partial charge in [-0.15, -0.1) is 0 Å². The van der Waals surface area contributed by atoms with Crippen molar-refractivity contribution < 1.29 is 8.78 Å². The zero-order valence-corrected chi connectivity index (χ0v) is 11.3. The number of aryl methyl sites for hydroxylation is 2. The van der Waals surface area contributed by atoms with Crippen molar-refractivity contribution in [1.29, 1.82) is 0 Å². The molecule has 0 saturated heterocycles. The van der Waals surface area contributed by atoms with Gasteiger partial charge >= 0.3 is 0 Å². The third-order valence-corrected chi connectivity index (χ3v) is 3.07. The fourth-order valence-corrected chi connectivity index (χ4v) is 2.20. The average Bonchev–Trinajstić information content (AvgIpc) is 2.32. The first-order valence-electron chi connectivity index (χ1n) is 6.26. The lowest BCUT2D eigenvalue weighted by molar-refractivity contribution is 0.584. The second-order valence-corrected chi connectivity index (χ2v) is 4.88. The highest BCUT2D eigenvalue weighted by atomic mass is 19.1. The highest BCUT2D eigenvalue weighted by Crippen LogP contribution is 2.25. The molecule has 0 amide bonds. The molecular formula is C16H17F2N. The Morgan fingerprint density at radius 3 is 2.00 bits per heavy atom. The highest BCUT2D eigenvalue weighted by Gasteiger charge is 2.12. The molecular weight excluding hydrogens is 244 g/mol. The predicted octanol–water partition coefficient (Wildman–Crippen LogP) is 4.75. The van der Waals surface area contributed by atoms with Crippen LogP contribution in [0.3, 0.4) is 0 Å². The van der Waals surface area contributed by atoms with Gasteiger partial charge in [-0.3, -0.25) is 0 Å². The van der Waals surface area contributed by atoms with Gasteiger partial charge in [0.25, 0.3) is 0 Å². The molecule has 1 unspecified atom stereocenters. The maximum absolute atomic E-state index is 13.6. The van der Waals surface area contributed by atoms with Gasteiger partial charge in [0.1, 0.15) is 17.3 Å². The topological polar surface area (TPSA) is 12.0 Å². The third kappa shape index (κ3) is 3.11. The Balaban J connectivity index is 2.28. The summed E-state index contributed by atoms with van der Waals surface area (Å²) in [6, 6.07) is 9.80. The van der Waals surface area contributed by atoms with E-state index >= 15 is 0 Å². The average molecular weight is 261 g/mol. The van der Waals surface area contributed by atoms with Crippen LogP contribution >= 0.6 is 0 Å². The van der Waals surface area contributed by atoms with Crippen LogP contribution in [0, 0.1) is 25.5 Å². The molecule has 0 aliphatic heterocycles. The lowest BCUT2D eigenvalue weighted by atomic mass is 10.0. The summed E-state index contributed by atoms with van der Waals surface area (Å²) in [5, 5.41) is 2.90. The number of anilines is 1. The van der Waals surface area contributed by atoms with Gasteiger partial charge in [0.2, 0.25) is 0 Å². The first kappa shape index (κ1) is 13.5. The number of para-hydroxylation sites is 1. The van der Waals surface area contributed by atoms with Crippen molar-refractivity contribution in [2.75, 3.05) is 5.32 Å². The number of hydrogen-bond acceptors (Lipinski definition) is 1. The van der Waals surface area contributed by atoms with Crippen LogP contribution in [0.2, 0.25) is 0 Å². The summed E-state index contributed by atoms with van der Waals surface area (Å²) in [7, 11) is 0. The van der Waals surface area contributed by atoms with Crippen molar-refractivity contribution in [3.63, 3.8) is 0 Å². The van der Waals surface area contributed by atoms with Gasteiger partial charge in [0.05, 0.1) is 0 Å². The van der Waals surface area contributed by atoms with E-state index in [1.54, 1.807) is 0 Å². The van der Waals surface area contributed by atoms with Gasteiger partial charge in [-0.05, 0) is 38.5 Å². The maximum atomic E-state index is 13.6. The van der Waals surface area contributed by atoms with Gasteiger partial charge in [-0.25, -0.2) is 8.78 Å². The number of hydrogen-bond donors (Lipinski definition) is 1. The molecule has 1 N–H and O–H groups in total. The van der Waals surface area contributed by atoms with E-state index in [0.717, 1.165) is 16.7 Å². The van der Waals surface area contributed by atoms with Gasteiger partial charge < -0.3 is 5.32 Å². The van der Waals surface area contributed by atoms with E-state index in [1.807, 2.05) is 32.9 Å². The molecule has 3 heteroatoms. The molecule has 0 aliphatic rings. The molecule has 0 bridgehead atoms. The predicted molar refractivity (Wildman–Crippen MR) is 74.3 cm³/mol. The molecule has 19 heavy (non-hydrogen) atoms. The first-order chi connectivity index (χ1) is 8.97. The molecule has 0 aliphatic carbocycles. The number of rotatable bonds is 3. The van der Waals surface area contributed by atoms with Crippen LogP contribution in [0.1, 0.15) is 29.7 Å². The summed E-state index contributed by atoms with van der Waals surface area (Å²) in [5.74, 6) is -1.15. The molecule has 100 valence electrons. The zero-order chi connectivity index (χ0) is 14.0. The zero-order valence-electron chi connectivity index (χ0n) is 11.3. The Labute approximate surface area is 112 Å². The van der Waals surface area contributed by atoms with Gasteiger partial charge in [-0.2, -0.15) is 0 Å². The fraction of sp³-hybridized carbons (Fsp3) is 0.250. The third-order valence-electron chi connectivity index (χ3n) is 3.07. The van der Waals surface area contributed by atoms with Gasteiger partial charge in [0, 0.05) is 6.04 Å². The van der Waals surface area contributed by atoms with Crippen LogP contribution in [0.25, 0.3) is 0 Å². The van der Waals surface area contributed by atoms with E-state index in [1.165, 1.54) is 18.2 Å². The minimum absolute atomic E-state index is 0.0749. The van der Waals surface area contributed by atoms with E-state index in [4.69, 9.17) is 0 Å². The molecule has 1 atom stereocenters. The van der Waals surface area contributed by atoms with Crippen molar-refractivity contribution in [1.82, 2.24) is 0 Å². The summed E-state index contributed by atoms with van der Waals surface area (Å²) in [6.07, 6.45) is 0. The Hall–Kier alpha value is -1.90. The second-order valence-electron chi connectivity index (χ2n) is 4.88. The smallest absolute Gasteiger partial charge is 0.149 e. The lowest BCUT2D eigenvalue weighted by Crippen LogP contribution is -2.10. The van der Waals surface area contributed by atoms with Gasteiger partial charge in [-0.1, -0.05) is 35.4 Å². The molecule has 2 aromatic rings. The normalized spacial score (nSPS) is 12.3. The second kappa shape index (κ2) is 5.39. The number of nitrogens with one attached hydrogen (secondary N) is 1. The van der Waals surface area contributed by atoms with Crippen LogP contribution in [-0.2, 0) is 0 Å². The van der Waals surface area contributed by atoms with Crippen LogP contribution < -0.4 is 5.32 Å². The van der Waals surface area contributed by atoms with E-state index in [0.29, 0.717) is 0 Å². The molecule has 0 aromatic heterocycles. The quantitative estimate of drug-likeness (QED) is 0.840. The molecule has 2 aromatic carbocycles. The van der Waals surface area contributed by atoms with Crippen LogP contribution in [0.15, 0.2) is 36.4 Å². The maximum Gasteiger partial charge on any atom is 0.149 e. The molecule has 0 radical (unpaired) electrons. The van der Waals surface area contributed by atoms with E-state index in [9.17, 15) is 8.78 Å². The summed E-state index contributed by atoms with van der Waals surface area (Å²) >= 11 is 0. The van der Waals surface area contributed by atoms with Crippen molar-refractivity contribution in [3.8, 4) is 0 Å². The van der Waals surface area contributed by atoms with E-state index < -0.39 is 11.6 Å². The standard InChI is InChI=1S/C16H17F2N/c1-10-7-11(2)9-13(8-10)12(3)19-16-14(17)5-4-6-15(16)18/h4-9,12,19H,1-3H3. The van der Waals surface area contributed by atoms with Crippen LogP contribution in [0.4, 0.5) is 14.5 Å². The fourth-order valence-electron chi connectivity index (χ4n) is 2.20. The molecule has 0 fully saturated rings. The van der Waals surface area contributed by atoms with Crippen LogP contribution in [-0.4, -0.2) is 0 Å². The molecule has 0 saturated carbocycles. The minimum atomic E-state index is -0.573. The SMILES string of the molecule is Cc1cc(C)cc(C(C)Nc2c(F)cccc2F)c1. The van der Waals surface area contributed by atoms with E-state index in [2.05, 4.69) is 11.4 Å². The summed E-state index contributed by atoms with van der Waals surface area (Å²) in [5.41, 5.74) is 3.21. The monoisotopic (exact) mass is 261 g/mol. The highest BCUT2D eigenvalue weighted by molar-refractivity contribution is 5.48. The summed E-state index contributed by atoms with van der Waals surface area (Å²) < 4.78 is 27.2. The van der Waals surface area contributed by atoms with Crippen molar-refractivity contribution >= 4 is 5.69 Å². The first-order valence-corrected chi connectivity index (χ1v) is 6.26. The molecule has 2 rings (SSSR count). The summed E-state index contributed by atoms with van der Waals surface area (Å²) in [4.78, 5) is 0. The Kier molecular flexibility index (Phi) is 3.84. The van der Waals surface area contributed by atoms with Crippen molar-refractivity contribution in [3.05, 3.63) is 64.7 Å². The van der Waals surface area contributed by atoms with Crippen molar-refractivity contribution in [2.24, 2.45) is 0 Å². The lowest BCUT2D eigenvalue weighted by Gasteiger charge is -2.18. The molecule has 0 heterocycles. The number of halogens is 2. The molecule has 1 nitrogen and oxygen atoms in total. The molecule has 0 spiro atoms. The Bertz CT molecular complexity index is 553.